The minimum atomic E-state index is 0.0162. The molecule has 6 heavy (non-hydrogen) atoms. The molecule has 2 nitrogen and oxygen atoms in total. The van der Waals surface area contributed by atoms with Crippen LogP contribution < -0.4 is 0 Å². The zero-order chi connectivity index (χ0) is 4.41. The Bertz CT molecular complexity index is 44.1. The molecule has 1 heterocycles. The largest absolute Gasteiger partial charge is 0.225 e. The van der Waals surface area contributed by atoms with E-state index in [1.165, 1.54) is 0 Å². The lowest BCUT2D eigenvalue weighted by molar-refractivity contribution is 0.0850. The molecule has 0 saturated carbocycles. The van der Waals surface area contributed by atoms with Gasteiger partial charge in [0, 0.05) is 12.3 Å². The molecule has 0 N–H and O–H groups in total. The maximum Gasteiger partial charge on any atom is 0.225 e. The van der Waals surface area contributed by atoms with Crippen LogP contribution in [0.1, 0.15) is 6.42 Å². The van der Waals surface area contributed by atoms with E-state index in [9.17, 15) is 0 Å². The number of hydrogen-bond donors (Lipinski definition) is 0. The highest BCUT2D eigenvalue weighted by Gasteiger charge is 2.23. The zero-order valence-corrected chi connectivity index (χ0v) is 3.94. The summed E-state index contributed by atoms with van der Waals surface area (Å²) in [6.07, 6.45) is 0.823. The lowest BCUT2D eigenvalue weighted by Gasteiger charge is -1.73. The maximum atomic E-state index is 5.28. The molecule has 0 atom stereocenters. The van der Waals surface area contributed by atoms with E-state index < -0.39 is 0 Å². The first-order valence-electron chi connectivity index (χ1n) is 1.81. The number of rotatable bonds is 2. The van der Waals surface area contributed by atoms with Gasteiger partial charge in [-0.3, -0.25) is 0 Å². The second kappa shape index (κ2) is 1.78. The summed E-state index contributed by atoms with van der Waals surface area (Å²) >= 11 is 5.28. The lowest BCUT2D eigenvalue weighted by atomic mass is 10.5. The van der Waals surface area contributed by atoms with Gasteiger partial charge in [0.15, 0.2) is 0 Å². The van der Waals surface area contributed by atoms with Crippen LogP contribution in [0, 0.1) is 0 Å². The van der Waals surface area contributed by atoms with Crippen LogP contribution in [-0.2, 0) is 9.78 Å². The molecule has 36 valence electrons. The normalized spacial score (nSPS) is 21.5. The highest BCUT2D eigenvalue weighted by molar-refractivity contribution is 6.17. The van der Waals surface area contributed by atoms with Crippen LogP contribution in [0.15, 0.2) is 0 Å². The van der Waals surface area contributed by atoms with Crippen molar-refractivity contribution < 1.29 is 9.78 Å². The van der Waals surface area contributed by atoms with Crippen LogP contribution in [0.25, 0.3) is 0 Å². The molecule has 0 amide bonds. The van der Waals surface area contributed by atoms with E-state index in [1.807, 2.05) is 0 Å². The first kappa shape index (κ1) is 4.37. The summed E-state index contributed by atoms with van der Waals surface area (Å²) in [5.41, 5.74) is 0. The molecule has 0 bridgehead atoms. The van der Waals surface area contributed by atoms with Crippen LogP contribution >= 0.6 is 11.6 Å². The molecule has 0 radical (unpaired) electrons. The molecule has 1 aliphatic rings. The molecule has 0 aromatic rings. The monoisotopic (exact) mass is 108 g/mol. The molecular formula is C3H5ClO2. The van der Waals surface area contributed by atoms with Crippen LogP contribution in [0.2, 0.25) is 0 Å². The fourth-order valence-electron chi connectivity index (χ4n) is 0.225. The van der Waals surface area contributed by atoms with Gasteiger partial charge in [-0.05, 0) is 0 Å². The first-order valence-corrected chi connectivity index (χ1v) is 2.35. The van der Waals surface area contributed by atoms with Gasteiger partial charge in [-0.1, -0.05) is 0 Å². The Kier molecular flexibility index (Phi) is 1.29. The van der Waals surface area contributed by atoms with Crippen LogP contribution in [0.5, 0.6) is 0 Å². The molecule has 0 spiro atoms. The minimum absolute atomic E-state index is 0.0162. The molecule has 1 fully saturated rings. The van der Waals surface area contributed by atoms with Crippen LogP contribution in [0.4, 0.5) is 0 Å². The van der Waals surface area contributed by atoms with Crippen molar-refractivity contribution in [2.45, 2.75) is 12.7 Å². The van der Waals surface area contributed by atoms with Gasteiger partial charge in [-0.2, -0.15) is 9.78 Å². The lowest BCUT2D eigenvalue weighted by Crippen LogP contribution is -1.81. The van der Waals surface area contributed by atoms with Crippen molar-refractivity contribution in [3.05, 3.63) is 0 Å². The van der Waals surface area contributed by atoms with E-state index in [0.717, 1.165) is 6.42 Å². The van der Waals surface area contributed by atoms with Gasteiger partial charge in [-0.15, -0.1) is 11.6 Å². The summed E-state index contributed by atoms with van der Waals surface area (Å²) in [6.45, 7) is 0. The topological polar surface area (TPSA) is 25.1 Å². The third-order valence-electron chi connectivity index (χ3n) is 0.577. The average molecular weight is 109 g/mol. The highest BCUT2D eigenvalue weighted by Crippen LogP contribution is 2.15. The summed E-state index contributed by atoms with van der Waals surface area (Å²) in [6, 6.07) is 0. The maximum absolute atomic E-state index is 5.28. The number of halogens is 1. The Morgan fingerprint density at radius 3 is 2.33 bits per heavy atom. The predicted molar refractivity (Wildman–Crippen MR) is 21.3 cm³/mol. The number of alkyl halides is 1. The molecule has 1 aliphatic heterocycles. The molecule has 3 heteroatoms. The van der Waals surface area contributed by atoms with Crippen molar-refractivity contribution in [1.82, 2.24) is 0 Å². The molecular weight excluding hydrogens is 103 g/mol. The number of hydrogen-bond acceptors (Lipinski definition) is 2. The van der Waals surface area contributed by atoms with Crippen molar-refractivity contribution in [2.75, 3.05) is 5.88 Å². The fraction of sp³-hybridized carbons (Fsp3) is 1.00. The van der Waals surface area contributed by atoms with Crippen molar-refractivity contribution in [2.24, 2.45) is 0 Å². The Morgan fingerprint density at radius 2 is 2.17 bits per heavy atom. The Hall–Kier alpha value is 0.210. The van der Waals surface area contributed by atoms with Crippen molar-refractivity contribution in [3.8, 4) is 0 Å². The van der Waals surface area contributed by atoms with Crippen molar-refractivity contribution >= 4 is 11.6 Å². The Morgan fingerprint density at radius 1 is 1.50 bits per heavy atom. The summed E-state index contributed by atoms with van der Waals surface area (Å²) in [5, 5.41) is 0. The van der Waals surface area contributed by atoms with E-state index in [4.69, 9.17) is 11.6 Å². The van der Waals surface area contributed by atoms with Gasteiger partial charge in [0.1, 0.15) is 0 Å². The molecule has 0 unspecified atom stereocenters. The molecule has 0 aromatic carbocycles. The molecule has 1 saturated heterocycles. The third kappa shape index (κ3) is 1.12. The van der Waals surface area contributed by atoms with E-state index in [0.29, 0.717) is 5.88 Å². The molecule has 0 aromatic heterocycles. The Balaban J connectivity index is 1.88. The third-order valence-corrected chi connectivity index (χ3v) is 0.795. The van der Waals surface area contributed by atoms with Gasteiger partial charge in [0.2, 0.25) is 6.29 Å². The minimum Gasteiger partial charge on any atom is -0.198 e. The first-order chi connectivity index (χ1) is 2.93. The van der Waals surface area contributed by atoms with E-state index in [-0.39, 0.29) is 6.29 Å². The summed E-state index contributed by atoms with van der Waals surface area (Å²) in [7, 11) is 0. The van der Waals surface area contributed by atoms with Crippen LogP contribution in [-0.4, -0.2) is 12.2 Å². The smallest absolute Gasteiger partial charge is 0.198 e. The van der Waals surface area contributed by atoms with E-state index in [2.05, 4.69) is 9.78 Å². The average Bonchev–Trinajstić information content (AvgIpc) is 2.21. The quantitative estimate of drug-likeness (QED) is 0.298. The summed E-state index contributed by atoms with van der Waals surface area (Å²) in [4.78, 5) is 8.73. The Labute approximate surface area is 40.9 Å². The summed E-state index contributed by atoms with van der Waals surface area (Å²) in [5.74, 6) is 0.616. The van der Waals surface area contributed by atoms with Gasteiger partial charge in [-0.25, -0.2) is 0 Å². The van der Waals surface area contributed by atoms with E-state index >= 15 is 0 Å². The van der Waals surface area contributed by atoms with E-state index in [1.54, 1.807) is 0 Å². The van der Waals surface area contributed by atoms with Crippen molar-refractivity contribution in [1.29, 1.82) is 0 Å². The second-order valence-electron chi connectivity index (χ2n) is 1.10. The van der Waals surface area contributed by atoms with Gasteiger partial charge < -0.3 is 0 Å². The fourth-order valence-corrected chi connectivity index (χ4v) is 0.403. The standard InChI is InChI=1S/C3H5ClO2/c4-2-1-3-5-6-3/h3H,1-2H2. The van der Waals surface area contributed by atoms with Gasteiger partial charge in [0.25, 0.3) is 0 Å². The SMILES string of the molecule is ClCCC1OO1. The summed E-state index contributed by atoms with van der Waals surface area (Å²) < 4.78 is 0. The van der Waals surface area contributed by atoms with Crippen molar-refractivity contribution in [3.63, 3.8) is 0 Å². The van der Waals surface area contributed by atoms with Gasteiger partial charge in [0.05, 0.1) is 0 Å². The van der Waals surface area contributed by atoms with Crippen LogP contribution in [0.3, 0.4) is 0 Å². The molecule has 0 aliphatic carbocycles. The van der Waals surface area contributed by atoms with Gasteiger partial charge >= 0.3 is 0 Å². The molecule has 1 rings (SSSR count). The predicted octanol–water partition coefficient (Wildman–Crippen LogP) is 0.903. The zero-order valence-electron chi connectivity index (χ0n) is 3.19. The second-order valence-corrected chi connectivity index (χ2v) is 1.48. The highest BCUT2D eigenvalue weighted by atomic mass is 35.5.